The number of phenolic OH excluding ortho intramolecular Hbond substituents is 2. The molecule has 2 heterocycles. The van der Waals surface area contributed by atoms with Gasteiger partial charge in [0.05, 0.1) is 12.0 Å². The molecule has 31 heavy (non-hydrogen) atoms. The molecule has 0 amide bonds. The van der Waals surface area contributed by atoms with E-state index in [1.165, 1.54) is 44.5 Å². The number of ether oxygens (including phenoxy) is 1. The van der Waals surface area contributed by atoms with E-state index in [2.05, 4.69) is 4.90 Å². The molecule has 0 saturated carbocycles. The number of likely N-dealkylation sites (tertiary alicyclic amines) is 1. The minimum atomic E-state index is -0.680. The van der Waals surface area contributed by atoms with Crippen molar-refractivity contribution < 1.29 is 24.5 Å². The fourth-order valence-corrected chi connectivity index (χ4v) is 3.93. The van der Waals surface area contributed by atoms with Gasteiger partial charge in [-0.1, -0.05) is 6.42 Å². The van der Waals surface area contributed by atoms with Crippen molar-refractivity contribution >= 4 is 11.0 Å². The molecule has 0 bridgehead atoms. The van der Waals surface area contributed by atoms with Crippen LogP contribution in [0.15, 0.2) is 45.6 Å². The Morgan fingerprint density at radius 1 is 0.903 bits per heavy atom. The van der Waals surface area contributed by atoms with Crippen LogP contribution in [0.4, 0.5) is 0 Å². The van der Waals surface area contributed by atoms with E-state index < -0.39 is 22.7 Å². The zero-order valence-corrected chi connectivity index (χ0v) is 17.3. The van der Waals surface area contributed by atoms with Gasteiger partial charge in [0.25, 0.3) is 0 Å². The van der Waals surface area contributed by atoms with Gasteiger partial charge in [-0.15, -0.1) is 0 Å². The van der Waals surface area contributed by atoms with Gasteiger partial charge < -0.3 is 29.4 Å². The van der Waals surface area contributed by atoms with Crippen LogP contribution in [0, 0.1) is 0 Å². The lowest BCUT2D eigenvalue weighted by molar-refractivity contribution is 0.216. The fraction of sp³-hybridized carbons (Fsp3) is 0.375. The normalized spacial score (nSPS) is 14.7. The Hall–Kier alpha value is -3.19. The Balaban J connectivity index is 1.41. The molecular formula is C24H27NO6. The van der Waals surface area contributed by atoms with Crippen LogP contribution in [0.1, 0.15) is 32.1 Å². The lowest BCUT2D eigenvalue weighted by Gasteiger charge is -2.26. The van der Waals surface area contributed by atoms with E-state index in [-0.39, 0.29) is 16.7 Å². The van der Waals surface area contributed by atoms with Crippen LogP contribution in [0.3, 0.4) is 0 Å². The second kappa shape index (κ2) is 9.31. The van der Waals surface area contributed by atoms with Crippen LogP contribution >= 0.6 is 0 Å². The second-order valence-electron chi connectivity index (χ2n) is 7.90. The van der Waals surface area contributed by atoms with Gasteiger partial charge >= 0.3 is 0 Å². The number of hydrogen-bond donors (Lipinski definition) is 3. The molecule has 2 aromatic carbocycles. The zero-order valence-electron chi connectivity index (χ0n) is 17.3. The SMILES string of the molecule is O=c1c(O)c(-c2ccc(OCCCCN3CCCCC3)cc2)oc2c(O)c(O)ccc12. The Bertz CT molecular complexity index is 1100. The van der Waals surface area contributed by atoms with Gasteiger partial charge in [0.2, 0.25) is 16.9 Å². The van der Waals surface area contributed by atoms with Crippen molar-refractivity contribution in [1.82, 2.24) is 4.90 Å². The number of unbranched alkanes of at least 4 members (excludes halogenated alkanes) is 1. The van der Waals surface area contributed by atoms with Gasteiger partial charge in [-0.05, 0) is 81.7 Å². The van der Waals surface area contributed by atoms with Crippen molar-refractivity contribution in [3.63, 3.8) is 0 Å². The molecule has 0 aliphatic carbocycles. The Kier molecular flexibility index (Phi) is 6.32. The highest BCUT2D eigenvalue weighted by Crippen LogP contribution is 2.37. The van der Waals surface area contributed by atoms with Gasteiger partial charge in [-0.3, -0.25) is 4.79 Å². The Morgan fingerprint density at radius 3 is 2.39 bits per heavy atom. The standard InChI is InChI=1S/C24H27NO6/c26-19-11-10-18-20(27)22(29)23(31-24(18)21(19)28)16-6-8-17(9-7-16)30-15-5-4-14-25-12-2-1-3-13-25/h6-11,26,28-29H,1-5,12-15H2. The van der Waals surface area contributed by atoms with E-state index >= 15 is 0 Å². The molecule has 7 heteroatoms. The number of aromatic hydroxyl groups is 3. The highest BCUT2D eigenvalue weighted by molar-refractivity contribution is 5.88. The summed E-state index contributed by atoms with van der Waals surface area (Å²) in [5.41, 5.74) is -0.399. The minimum absolute atomic E-state index is 0.0129. The van der Waals surface area contributed by atoms with Gasteiger partial charge in [0, 0.05) is 5.56 Å². The first-order valence-corrected chi connectivity index (χ1v) is 10.7. The first-order chi connectivity index (χ1) is 15.0. The van der Waals surface area contributed by atoms with Crippen LogP contribution in [-0.4, -0.2) is 46.5 Å². The summed E-state index contributed by atoms with van der Waals surface area (Å²) in [5, 5.41) is 30.0. The lowest BCUT2D eigenvalue weighted by Crippen LogP contribution is -2.30. The minimum Gasteiger partial charge on any atom is -0.504 e. The van der Waals surface area contributed by atoms with Crippen molar-refractivity contribution in [3.05, 3.63) is 46.6 Å². The smallest absolute Gasteiger partial charge is 0.235 e. The topological polar surface area (TPSA) is 103 Å². The molecule has 3 N–H and O–H groups in total. The van der Waals surface area contributed by atoms with E-state index in [1.54, 1.807) is 24.3 Å². The summed E-state index contributed by atoms with van der Waals surface area (Å²) >= 11 is 0. The summed E-state index contributed by atoms with van der Waals surface area (Å²) < 4.78 is 11.4. The van der Waals surface area contributed by atoms with Crippen molar-refractivity contribution in [1.29, 1.82) is 0 Å². The molecule has 0 radical (unpaired) electrons. The third-order valence-corrected chi connectivity index (χ3v) is 5.69. The average Bonchev–Trinajstić information content (AvgIpc) is 2.80. The van der Waals surface area contributed by atoms with Gasteiger partial charge in [-0.2, -0.15) is 0 Å². The average molecular weight is 425 g/mol. The number of nitrogens with zero attached hydrogens (tertiary/aromatic N) is 1. The maximum absolute atomic E-state index is 12.4. The van der Waals surface area contributed by atoms with E-state index in [1.807, 2.05) is 0 Å². The molecule has 1 aliphatic rings. The third-order valence-electron chi connectivity index (χ3n) is 5.69. The molecule has 0 spiro atoms. The molecule has 1 saturated heterocycles. The first kappa shape index (κ1) is 21.1. The first-order valence-electron chi connectivity index (χ1n) is 10.7. The zero-order chi connectivity index (χ0) is 21.8. The van der Waals surface area contributed by atoms with Crippen LogP contribution in [0.25, 0.3) is 22.3 Å². The van der Waals surface area contributed by atoms with E-state index in [0.29, 0.717) is 17.9 Å². The van der Waals surface area contributed by atoms with E-state index in [0.717, 1.165) is 19.4 Å². The van der Waals surface area contributed by atoms with Crippen molar-refractivity contribution in [2.24, 2.45) is 0 Å². The summed E-state index contributed by atoms with van der Waals surface area (Å²) in [6.45, 7) is 4.15. The quantitative estimate of drug-likeness (QED) is 0.385. The summed E-state index contributed by atoms with van der Waals surface area (Å²) in [6.07, 6.45) is 6.03. The largest absolute Gasteiger partial charge is 0.504 e. The molecule has 7 nitrogen and oxygen atoms in total. The molecule has 164 valence electrons. The molecule has 1 aromatic heterocycles. The molecule has 0 atom stereocenters. The molecule has 1 fully saturated rings. The monoisotopic (exact) mass is 425 g/mol. The van der Waals surface area contributed by atoms with E-state index in [9.17, 15) is 20.1 Å². The molecule has 0 unspecified atom stereocenters. The third kappa shape index (κ3) is 4.61. The summed E-state index contributed by atoms with van der Waals surface area (Å²) in [7, 11) is 0. The van der Waals surface area contributed by atoms with Crippen LogP contribution in [0.2, 0.25) is 0 Å². The number of phenols is 2. The Labute approximate surface area is 180 Å². The highest BCUT2D eigenvalue weighted by Gasteiger charge is 2.19. The molecule has 1 aliphatic heterocycles. The van der Waals surface area contributed by atoms with Gasteiger partial charge in [0.1, 0.15) is 5.75 Å². The number of benzene rings is 2. The number of fused-ring (bicyclic) bond motifs is 1. The van der Waals surface area contributed by atoms with E-state index in [4.69, 9.17) is 9.15 Å². The van der Waals surface area contributed by atoms with Crippen LogP contribution in [0.5, 0.6) is 23.0 Å². The van der Waals surface area contributed by atoms with Crippen molar-refractivity contribution in [2.45, 2.75) is 32.1 Å². The molecule has 4 rings (SSSR count). The second-order valence-corrected chi connectivity index (χ2v) is 7.90. The highest BCUT2D eigenvalue weighted by atomic mass is 16.5. The predicted molar refractivity (Wildman–Crippen MR) is 118 cm³/mol. The lowest BCUT2D eigenvalue weighted by atomic mass is 10.1. The fourth-order valence-electron chi connectivity index (χ4n) is 3.93. The maximum atomic E-state index is 12.4. The number of hydrogen-bond acceptors (Lipinski definition) is 7. The molecular weight excluding hydrogens is 398 g/mol. The Morgan fingerprint density at radius 2 is 1.65 bits per heavy atom. The number of piperidine rings is 1. The van der Waals surface area contributed by atoms with Crippen LogP contribution in [-0.2, 0) is 0 Å². The maximum Gasteiger partial charge on any atom is 0.235 e. The summed E-state index contributed by atoms with van der Waals surface area (Å²) in [5.74, 6) is -0.892. The predicted octanol–water partition coefficient (Wildman–Crippen LogP) is 4.22. The summed E-state index contributed by atoms with van der Waals surface area (Å²) in [6, 6.07) is 9.30. The summed E-state index contributed by atoms with van der Waals surface area (Å²) in [4.78, 5) is 15.0. The number of rotatable bonds is 7. The van der Waals surface area contributed by atoms with Crippen molar-refractivity contribution in [2.75, 3.05) is 26.2 Å². The molecule has 3 aromatic rings. The van der Waals surface area contributed by atoms with Gasteiger partial charge in [0.15, 0.2) is 17.1 Å². The van der Waals surface area contributed by atoms with Gasteiger partial charge in [-0.25, -0.2) is 0 Å². The van der Waals surface area contributed by atoms with Crippen LogP contribution < -0.4 is 10.2 Å². The van der Waals surface area contributed by atoms with Crippen molar-refractivity contribution in [3.8, 4) is 34.3 Å².